The van der Waals surface area contributed by atoms with Crippen molar-refractivity contribution in [2.45, 2.75) is 17.7 Å². The van der Waals surface area contributed by atoms with Crippen LogP contribution in [0.3, 0.4) is 0 Å². The van der Waals surface area contributed by atoms with Gasteiger partial charge in [0.2, 0.25) is 10.0 Å². The normalized spacial score (nSPS) is 18.0. The number of hydrogen-bond acceptors (Lipinski definition) is 5. The molecule has 0 atom stereocenters. The Morgan fingerprint density at radius 1 is 0.931 bits per heavy atom. The lowest BCUT2D eigenvalue weighted by Gasteiger charge is -2.26. The Morgan fingerprint density at radius 3 is 2.31 bits per heavy atom. The highest BCUT2D eigenvalue weighted by atomic mass is 32.2. The average Bonchev–Trinajstić information content (AvgIpc) is 3.30. The van der Waals surface area contributed by atoms with Crippen LogP contribution in [0.25, 0.3) is 0 Å². The van der Waals surface area contributed by atoms with Crippen LogP contribution in [-0.2, 0) is 14.8 Å². The summed E-state index contributed by atoms with van der Waals surface area (Å²) in [5.41, 5.74) is 2.14. The zero-order valence-corrected chi connectivity index (χ0v) is 17.0. The van der Waals surface area contributed by atoms with Crippen molar-refractivity contribution >= 4 is 27.3 Å². The summed E-state index contributed by atoms with van der Waals surface area (Å²) >= 11 is 0. The number of nitrogens with zero attached hydrogens (tertiary/aromatic N) is 2. The summed E-state index contributed by atoms with van der Waals surface area (Å²) in [6.45, 7) is 3.54. The summed E-state index contributed by atoms with van der Waals surface area (Å²) in [6.07, 6.45) is 2.42. The molecule has 0 saturated carbocycles. The molecule has 2 heterocycles. The first kappa shape index (κ1) is 19.9. The molecule has 4 rings (SSSR count). The predicted octanol–water partition coefficient (Wildman–Crippen LogP) is 2.56. The van der Waals surface area contributed by atoms with Gasteiger partial charge in [0.05, 0.1) is 18.1 Å². The third-order valence-electron chi connectivity index (χ3n) is 5.30. The van der Waals surface area contributed by atoms with Crippen molar-refractivity contribution in [3.8, 4) is 0 Å². The van der Waals surface area contributed by atoms with Gasteiger partial charge in [-0.2, -0.15) is 4.31 Å². The summed E-state index contributed by atoms with van der Waals surface area (Å²) in [5, 5.41) is 2.85. The fourth-order valence-corrected chi connectivity index (χ4v) is 5.12. The lowest BCUT2D eigenvalue weighted by atomic mass is 10.2. The quantitative estimate of drug-likeness (QED) is 0.812. The van der Waals surface area contributed by atoms with Crippen LogP contribution in [0.2, 0.25) is 0 Å². The number of hydrogen-bond donors (Lipinski definition) is 1. The molecule has 0 unspecified atom stereocenters. The van der Waals surface area contributed by atoms with Crippen molar-refractivity contribution in [3.05, 3.63) is 54.1 Å². The van der Waals surface area contributed by atoms with Crippen molar-refractivity contribution in [1.82, 2.24) is 4.31 Å². The van der Waals surface area contributed by atoms with E-state index in [1.165, 1.54) is 29.3 Å². The molecular formula is C21H25N3O4S. The molecule has 2 aromatic rings. The van der Waals surface area contributed by atoms with E-state index in [-0.39, 0.29) is 10.8 Å². The van der Waals surface area contributed by atoms with Gasteiger partial charge in [0, 0.05) is 43.1 Å². The van der Waals surface area contributed by atoms with Gasteiger partial charge in [-0.05, 0) is 55.3 Å². The summed E-state index contributed by atoms with van der Waals surface area (Å²) in [4.78, 5) is 15.1. The van der Waals surface area contributed by atoms with Crippen LogP contribution in [0.1, 0.15) is 23.2 Å². The van der Waals surface area contributed by atoms with Gasteiger partial charge in [0.1, 0.15) is 0 Å². The molecule has 8 heteroatoms. The largest absolute Gasteiger partial charge is 0.379 e. The van der Waals surface area contributed by atoms with E-state index in [0.29, 0.717) is 37.6 Å². The number of carbonyl (C=O) groups is 1. The number of ether oxygens (including phenoxy) is 1. The molecular weight excluding hydrogens is 390 g/mol. The predicted molar refractivity (Wildman–Crippen MR) is 112 cm³/mol. The first-order valence-electron chi connectivity index (χ1n) is 9.88. The van der Waals surface area contributed by atoms with E-state index in [1.807, 2.05) is 24.3 Å². The van der Waals surface area contributed by atoms with Crippen LogP contribution >= 0.6 is 0 Å². The fourth-order valence-electron chi connectivity index (χ4n) is 3.67. The van der Waals surface area contributed by atoms with E-state index in [1.54, 1.807) is 12.1 Å². The van der Waals surface area contributed by atoms with Crippen molar-refractivity contribution in [2.24, 2.45) is 0 Å². The van der Waals surface area contributed by atoms with Gasteiger partial charge in [0.25, 0.3) is 5.91 Å². The Morgan fingerprint density at radius 2 is 1.62 bits per heavy atom. The molecule has 2 fully saturated rings. The third-order valence-corrected chi connectivity index (χ3v) is 7.20. The molecule has 0 aromatic heterocycles. The molecule has 2 aliphatic rings. The highest BCUT2D eigenvalue weighted by Gasteiger charge is 2.26. The van der Waals surface area contributed by atoms with Gasteiger partial charge >= 0.3 is 0 Å². The SMILES string of the molecule is O=C(Nc1ccc(N2CCCC2)cc1)c1cccc(S(=O)(=O)N2CCOCC2)c1. The second-order valence-electron chi connectivity index (χ2n) is 7.24. The third kappa shape index (κ3) is 4.44. The van der Waals surface area contributed by atoms with E-state index >= 15 is 0 Å². The Hall–Kier alpha value is -2.42. The first-order chi connectivity index (χ1) is 14.0. The van der Waals surface area contributed by atoms with Crippen LogP contribution in [-0.4, -0.2) is 58.0 Å². The molecule has 1 N–H and O–H groups in total. The Bertz CT molecular complexity index is 964. The van der Waals surface area contributed by atoms with Gasteiger partial charge in [-0.3, -0.25) is 4.79 Å². The molecule has 2 aliphatic heterocycles. The second kappa shape index (κ2) is 8.52. The monoisotopic (exact) mass is 415 g/mol. The number of rotatable bonds is 5. The van der Waals surface area contributed by atoms with Crippen LogP contribution in [0, 0.1) is 0 Å². The average molecular weight is 416 g/mol. The maximum Gasteiger partial charge on any atom is 0.255 e. The van der Waals surface area contributed by atoms with Gasteiger partial charge in [-0.25, -0.2) is 8.42 Å². The molecule has 7 nitrogen and oxygen atoms in total. The topological polar surface area (TPSA) is 79.0 Å². The minimum absolute atomic E-state index is 0.122. The van der Waals surface area contributed by atoms with Crippen LogP contribution in [0.4, 0.5) is 11.4 Å². The molecule has 1 amide bonds. The van der Waals surface area contributed by atoms with E-state index in [9.17, 15) is 13.2 Å². The molecule has 0 spiro atoms. The van der Waals surface area contributed by atoms with Crippen LogP contribution in [0.15, 0.2) is 53.4 Å². The van der Waals surface area contributed by atoms with Crippen LogP contribution < -0.4 is 10.2 Å². The molecule has 154 valence electrons. The van der Waals surface area contributed by atoms with Crippen molar-refractivity contribution in [2.75, 3.05) is 49.6 Å². The van der Waals surface area contributed by atoms with E-state index in [4.69, 9.17) is 4.74 Å². The Kier molecular flexibility index (Phi) is 5.84. The highest BCUT2D eigenvalue weighted by molar-refractivity contribution is 7.89. The molecule has 0 bridgehead atoms. The summed E-state index contributed by atoms with van der Waals surface area (Å²) in [5.74, 6) is -0.335. The highest BCUT2D eigenvalue weighted by Crippen LogP contribution is 2.23. The number of amides is 1. The number of morpholine rings is 1. The fraction of sp³-hybridized carbons (Fsp3) is 0.381. The lowest BCUT2D eigenvalue weighted by Crippen LogP contribution is -2.40. The zero-order valence-electron chi connectivity index (χ0n) is 16.2. The molecule has 2 saturated heterocycles. The molecule has 0 aliphatic carbocycles. The number of nitrogens with one attached hydrogen (secondary N) is 1. The maximum absolute atomic E-state index is 12.8. The number of benzene rings is 2. The van der Waals surface area contributed by atoms with Gasteiger partial charge < -0.3 is 15.0 Å². The van der Waals surface area contributed by atoms with Crippen LogP contribution in [0.5, 0.6) is 0 Å². The Labute approximate surface area is 171 Å². The molecule has 2 aromatic carbocycles. The zero-order chi connectivity index (χ0) is 20.3. The number of sulfonamides is 1. The van der Waals surface area contributed by atoms with Gasteiger partial charge in [-0.1, -0.05) is 6.07 Å². The van der Waals surface area contributed by atoms with E-state index in [0.717, 1.165) is 18.8 Å². The van der Waals surface area contributed by atoms with E-state index < -0.39 is 10.0 Å². The van der Waals surface area contributed by atoms with Crippen molar-refractivity contribution in [3.63, 3.8) is 0 Å². The maximum atomic E-state index is 12.8. The standard InChI is InChI=1S/C21H25N3O4S/c25-21(22-18-6-8-19(9-7-18)23-10-1-2-11-23)17-4-3-5-20(16-17)29(26,27)24-12-14-28-15-13-24/h3-9,16H,1-2,10-15H2,(H,22,25). The Balaban J connectivity index is 1.47. The minimum atomic E-state index is -3.64. The molecule has 0 radical (unpaired) electrons. The smallest absolute Gasteiger partial charge is 0.255 e. The number of carbonyl (C=O) groups excluding carboxylic acids is 1. The lowest BCUT2D eigenvalue weighted by molar-refractivity contribution is 0.0730. The van der Waals surface area contributed by atoms with Gasteiger partial charge in [0.15, 0.2) is 0 Å². The van der Waals surface area contributed by atoms with Crippen molar-refractivity contribution in [1.29, 1.82) is 0 Å². The van der Waals surface area contributed by atoms with Gasteiger partial charge in [-0.15, -0.1) is 0 Å². The summed E-state index contributed by atoms with van der Waals surface area (Å²) in [7, 11) is -3.64. The second-order valence-corrected chi connectivity index (χ2v) is 9.18. The van der Waals surface area contributed by atoms with E-state index in [2.05, 4.69) is 10.2 Å². The summed E-state index contributed by atoms with van der Waals surface area (Å²) < 4.78 is 32.3. The molecule has 29 heavy (non-hydrogen) atoms. The number of anilines is 2. The minimum Gasteiger partial charge on any atom is -0.379 e. The van der Waals surface area contributed by atoms with Crippen molar-refractivity contribution < 1.29 is 17.9 Å². The first-order valence-corrected chi connectivity index (χ1v) is 11.3. The summed E-state index contributed by atoms with van der Waals surface area (Å²) in [6, 6.07) is 13.9.